The maximum Gasteiger partial charge on any atom is 0.291 e. The normalized spacial score (nSPS) is 20.7. The highest BCUT2D eigenvalue weighted by atomic mass is 16.5. The number of aryl methyl sites for hydroxylation is 1. The van der Waals surface area contributed by atoms with Gasteiger partial charge in [-0.25, -0.2) is 0 Å². The molecule has 1 aromatic heterocycles. The van der Waals surface area contributed by atoms with E-state index in [2.05, 4.69) is 0 Å². The molecule has 6 heteroatoms. The predicted molar refractivity (Wildman–Crippen MR) is 112 cm³/mol. The van der Waals surface area contributed by atoms with Crippen LogP contribution >= 0.6 is 0 Å². The van der Waals surface area contributed by atoms with Gasteiger partial charge in [-0.2, -0.15) is 0 Å². The number of rotatable bonds is 4. The summed E-state index contributed by atoms with van der Waals surface area (Å²) >= 11 is 0. The summed E-state index contributed by atoms with van der Waals surface area (Å²) in [4.78, 5) is 28.6. The molecule has 30 heavy (non-hydrogen) atoms. The van der Waals surface area contributed by atoms with E-state index in [4.69, 9.17) is 13.9 Å². The van der Waals surface area contributed by atoms with Crippen LogP contribution in [-0.4, -0.2) is 37.2 Å². The topological polar surface area (TPSA) is 69.0 Å². The molecule has 0 N–H and O–H groups in total. The van der Waals surface area contributed by atoms with Crippen molar-refractivity contribution in [2.24, 2.45) is 0 Å². The average molecular weight is 405 g/mol. The number of benzene rings is 2. The smallest absolute Gasteiger partial charge is 0.291 e. The van der Waals surface area contributed by atoms with Crippen LogP contribution in [0.25, 0.3) is 11.0 Å². The molecule has 0 saturated carbocycles. The molecule has 3 heterocycles. The van der Waals surface area contributed by atoms with E-state index in [1.54, 1.807) is 18.1 Å². The van der Waals surface area contributed by atoms with Gasteiger partial charge in [0, 0.05) is 13.2 Å². The Morgan fingerprint density at radius 2 is 1.93 bits per heavy atom. The van der Waals surface area contributed by atoms with Crippen LogP contribution in [0.2, 0.25) is 0 Å². The zero-order valence-corrected chi connectivity index (χ0v) is 17.0. The van der Waals surface area contributed by atoms with E-state index in [-0.39, 0.29) is 23.2 Å². The van der Waals surface area contributed by atoms with E-state index >= 15 is 0 Å². The number of fused-ring (bicyclic) bond motifs is 2. The molecule has 2 aromatic carbocycles. The molecule has 2 atom stereocenters. The highest BCUT2D eigenvalue weighted by Gasteiger charge is 2.43. The van der Waals surface area contributed by atoms with Gasteiger partial charge < -0.3 is 18.8 Å². The predicted octanol–water partition coefficient (Wildman–Crippen LogP) is 3.83. The van der Waals surface area contributed by atoms with Gasteiger partial charge in [-0.3, -0.25) is 9.59 Å². The highest BCUT2D eigenvalue weighted by Crippen LogP contribution is 2.39. The maximum atomic E-state index is 13.5. The van der Waals surface area contributed by atoms with Crippen LogP contribution in [0.1, 0.15) is 46.1 Å². The summed E-state index contributed by atoms with van der Waals surface area (Å²) in [5, 5.41) is 0.499. The molecule has 2 aliphatic heterocycles. The number of hydrogen-bond acceptors (Lipinski definition) is 5. The number of carbonyl (C=O) groups is 1. The zero-order chi connectivity index (χ0) is 20.8. The minimum Gasteiger partial charge on any atom is -0.497 e. The second-order valence-electron chi connectivity index (χ2n) is 7.94. The summed E-state index contributed by atoms with van der Waals surface area (Å²) in [6.45, 7) is 3.06. The molecule has 0 radical (unpaired) electrons. The molecule has 2 aliphatic rings. The van der Waals surface area contributed by atoms with Crippen molar-refractivity contribution in [3.05, 3.63) is 75.1 Å². The number of carbonyl (C=O) groups excluding carboxylic acids is 1. The van der Waals surface area contributed by atoms with Gasteiger partial charge in [0.25, 0.3) is 5.91 Å². The Kier molecular flexibility index (Phi) is 4.59. The number of methoxy groups -OCH3 is 1. The Bertz CT molecular complexity index is 1170. The number of nitrogens with zero attached hydrogens (tertiary/aromatic N) is 1. The van der Waals surface area contributed by atoms with Crippen molar-refractivity contribution < 1.29 is 18.7 Å². The highest BCUT2D eigenvalue weighted by molar-refractivity contribution is 5.99. The standard InChI is InChI=1S/C24H23NO5/c1-14-5-10-19-18(12-14)22(26)20-21(15-6-8-16(28-2)9-7-15)25(24(27)23(20)30-19)13-17-4-3-11-29-17/h5-10,12,17,21H,3-4,11,13H2,1-2H3. The molecule has 2 unspecified atom stereocenters. The van der Waals surface area contributed by atoms with Crippen molar-refractivity contribution >= 4 is 16.9 Å². The van der Waals surface area contributed by atoms with Crippen molar-refractivity contribution in [3.8, 4) is 5.75 Å². The number of hydrogen-bond donors (Lipinski definition) is 0. The summed E-state index contributed by atoms with van der Waals surface area (Å²) in [6.07, 6.45) is 1.85. The molecular weight excluding hydrogens is 382 g/mol. The summed E-state index contributed by atoms with van der Waals surface area (Å²) in [5.74, 6) is 0.589. The molecule has 5 rings (SSSR count). The molecule has 1 amide bonds. The summed E-state index contributed by atoms with van der Waals surface area (Å²) < 4.78 is 17.0. The van der Waals surface area contributed by atoms with Gasteiger partial charge in [0.2, 0.25) is 5.76 Å². The first-order chi connectivity index (χ1) is 14.6. The summed E-state index contributed by atoms with van der Waals surface area (Å²) in [5.41, 5.74) is 2.50. The first-order valence-electron chi connectivity index (χ1n) is 10.2. The van der Waals surface area contributed by atoms with Crippen molar-refractivity contribution in [2.75, 3.05) is 20.3 Å². The zero-order valence-electron chi connectivity index (χ0n) is 17.0. The summed E-state index contributed by atoms with van der Waals surface area (Å²) in [6, 6.07) is 12.4. The molecule has 0 spiro atoms. The first-order valence-corrected chi connectivity index (χ1v) is 10.2. The van der Waals surface area contributed by atoms with E-state index in [0.29, 0.717) is 29.7 Å². The minimum absolute atomic E-state index is 0.0317. The van der Waals surface area contributed by atoms with E-state index in [0.717, 1.165) is 29.7 Å². The van der Waals surface area contributed by atoms with Crippen molar-refractivity contribution in [3.63, 3.8) is 0 Å². The van der Waals surface area contributed by atoms with Crippen LogP contribution in [0, 0.1) is 6.92 Å². The Morgan fingerprint density at radius 1 is 1.13 bits per heavy atom. The van der Waals surface area contributed by atoms with Gasteiger partial charge in [-0.05, 0) is 49.6 Å². The third-order valence-electron chi connectivity index (χ3n) is 5.98. The molecule has 1 fully saturated rings. The van der Waals surface area contributed by atoms with Crippen LogP contribution in [0.5, 0.6) is 5.75 Å². The fourth-order valence-electron chi connectivity index (χ4n) is 4.46. The monoisotopic (exact) mass is 405 g/mol. The maximum absolute atomic E-state index is 13.5. The van der Waals surface area contributed by atoms with Crippen molar-refractivity contribution in [1.29, 1.82) is 0 Å². The largest absolute Gasteiger partial charge is 0.497 e. The Morgan fingerprint density at radius 3 is 2.63 bits per heavy atom. The molecule has 1 saturated heterocycles. The van der Waals surface area contributed by atoms with E-state index in [1.807, 2.05) is 43.3 Å². The van der Waals surface area contributed by atoms with Gasteiger partial charge in [-0.15, -0.1) is 0 Å². The van der Waals surface area contributed by atoms with E-state index < -0.39 is 6.04 Å². The minimum atomic E-state index is -0.510. The lowest BCUT2D eigenvalue weighted by molar-refractivity contribution is 0.0486. The fourth-order valence-corrected chi connectivity index (χ4v) is 4.46. The lowest BCUT2D eigenvalue weighted by atomic mass is 9.98. The van der Waals surface area contributed by atoms with Crippen LogP contribution in [0.15, 0.2) is 51.7 Å². The Hall–Kier alpha value is -3.12. The lowest BCUT2D eigenvalue weighted by Crippen LogP contribution is -2.36. The molecule has 3 aromatic rings. The molecule has 0 aliphatic carbocycles. The third-order valence-corrected chi connectivity index (χ3v) is 5.98. The second kappa shape index (κ2) is 7.29. The third kappa shape index (κ3) is 2.99. The summed E-state index contributed by atoms with van der Waals surface area (Å²) in [7, 11) is 1.61. The SMILES string of the molecule is COc1ccc(C2c3c(oc4ccc(C)cc4c3=O)C(=O)N2CC2CCCO2)cc1. The Balaban J connectivity index is 1.69. The van der Waals surface area contributed by atoms with Crippen LogP contribution < -0.4 is 10.2 Å². The van der Waals surface area contributed by atoms with Crippen LogP contribution in [-0.2, 0) is 4.74 Å². The van der Waals surface area contributed by atoms with Gasteiger partial charge in [0.1, 0.15) is 11.3 Å². The molecule has 6 nitrogen and oxygen atoms in total. The van der Waals surface area contributed by atoms with Gasteiger partial charge >= 0.3 is 0 Å². The van der Waals surface area contributed by atoms with Crippen LogP contribution in [0.3, 0.4) is 0 Å². The Labute approximate surface area is 174 Å². The molecular formula is C24H23NO5. The number of amides is 1. The fraction of sp³-hybridized carbons (Fsp3) is 0.333. The molecule has 154 valence electrons. The average Bonchev–Trinajstić information content (AvgIpc) is 3.37. The van der Waals surface area contributed by atoms with Crippen LogP contribution in [0.4, 0.5) is 0 Å². The van der Waals surface area contributed by atoms with Gasteiger partial charge in [0.15, 0.2) is 5.43 Å². The first kappa shape index (κ1) is 18.9. The number of ether oxygens (including phenoxy) is 2. The molecule has 0 bridgehead atoms. The van der Waals surface area contributed by atoms with Crippen molar-refractivity contribution in [2.45, 2.75) is 31.9 Å². The van der Waals surface area contributed by atoms with Gasteiger partial charge in [0.05, 0.1) is 30.2 Å². The second-order valence-corrected chi connectivity index (χ2v) is 7.94. The quantitative estimate of drug-likeness (QED) is 0.660. The lowest BCUT2D eigenvalue weighted by Gasteiger charge is -2.27. The van der Waals surface area contributed by atoms with Crippen molar-refractivity contribution in [1.82, 2.24) is 4.90 Å². The van der Waals surface area contributed by atoms with Gasteiger partial charge in [-0.1, -0.05) is 23.8 Å². The van der Waals surface area contributed by atoms with E-state index in [9.17, 15) is 9.59 Å². The van der Waals surface area contributed by atoms with E-state index in [1.165, 1.54) is 0 Å².